The predicted molar refractivity (Wildman–Crippen MR) is 63.3 cm³/mol. The maximum Gasteiger partial charge on any atom is 0.199 e. The number of aromatic nitrogens is 2. The van der Waals surface area contributed by atoms with Crippen LogP contribution in [0.1, 0.15) is 19.5 Å². The van der Waals surface area contributed by atoms with Crippen molar-refractivity contribution < 1.29 is 12.8 Å². The second-order valence-corrected chi connectivity index (χ2v) is 6.09. The highest BCUT2D eigenvalue weighted by atomic mass is 35.5. The van der Waals surface area contributed by atoms with Crippen LogP contribution in [0.2, 0.25) is 0 Å². The van der Waals surface area contributed by atoms with E-state index in [1.807, 2.05) is 0 Å². The quantitative estimate of drug-likeness (QED) is 0.610. The third-order valence-corrected chi connectivity index (χ3v) is 4.64. The lowest BCUT2D eigenvalue weighted by Gasteiger charge is -2.09. The molecular weight excluding hydrogens is 267 g/mol. The molecule has 7 heteroatoms. The molecule has 0 radical (unpaired) electrons. The Balaban J connectivity index is 3.16. The summed E-state index contributed by atoms with van der Waals surface area (Å²) in [7, 11) is -3.75. The largest absolute Gasteiger partial charge is 0.238 e. The van der Waals surface area contributed by atoms with Crippen LogP contribution in [0.3, 0.4) is 0 Å². The topological polar surface area (TPSA) is 59.9 Å². The monoisotopic (exact) mass is 280 g/mol. The summed E-state index contributed by atoms with van der Waals surface area (Å²) >= 11 is 5.55. The molecule has 1 unspecified atom stereocenters. The van der Waals surface area contributed by atoms with Crippen molar-refractivity contribution in [3.63, 3.8) is 0 Å². The van der Waals surface area contributed by atoms with Gasteiger partial charge in [0.25, 0.3) is 0 Å². The Labute approximate surface area is 105 Å². The molecule has 1 aromatic rings. The molecule has 1 heterocycles. The lowest BCUT2D eigenvalue weighted by atomic mass is 10.3. The first-order valence-corrected chi connectivity index (χ1v) is 7.39. The van der Waals surface area contributed by atoms with Crippen molar-refractivity contribution in [2.45, 2.75) is 25.3 Å². The Morgan fingerprint density at radius 2 is 2.12 bits per heavy atom. The minimum Gasteiger partial charge on any atom is -0.238 e. The summed E-state index contributed by atoms with van der Waals surface area (Å²) in [5, 5.41) is -0.527. The van der Waals surface area contributed by atoms with Crippen LogP contribution >= 0.6 is 11.6 Å². The van der Waals surface area contributed by atoms with Crippen LogP contribution in [0.25, 0.3) is 0 Å². The van der Waals surface area contributed by atoms with E-state index in [-0.39, 0.29) is 23.2 Å². The Hall–Kier alpha value is -0.750. The Morgan fingerprint density at radius 1 is 1.47 bits per heavy atom. The van der Waals surface area contributed by atoms with E-state index in [1.165, 1.54) is 0 Å². The summed E-state index contributed by atoms with van der Waals surface area (Å²) in [6.45, 7) is 3.38. The molecule has 1 atom stereocenters. The number of hydrogen-bond acceptors (Lipinski definition) is 4. The number of aryl methyl sites for hydroxylation is 1. The molecule has 0 aliphatic rings. The zero-order chi connectivity index (χ0) is 13.1. The van der Waals surface area contributed by atoms with Crippen molar-refractivity contribution in [2.75, 3.05) is 11.6 Å². The summed E-state index contributed by atoms with van der Waals surface area (Å²) in [5.41, 5.74) is 0.108. The highest BCUT2D eigenvalue weighted by molar-refractivity contribution is 7.91. The van der Waals surface area contributed by atoms with Gasteiger partial charge in [0.1, 0.15) is 6.33 Å². The fraction of sp³-hybridized carbons (Fsp3) is 0.600. The maximum absolute atomic E-state index is 13.8. The fourth-order valence-electron chi connectivity index (χ4n) is 1.35. The van der Waals surface area contributed by atoms with Gasteiger partial charge in [0.05, 0.1) is 11.4 Å². The van der Waals surface area contributed by atoms with Crippen molar-refractivity contribution in [2.24, 2.45) is 5.92 Å². The van der Waals surface area contributed by atoms with Gasteiger partial charge in [-0.05, 0) is 12.3 Å². The SMILES string of the molecule is CCc1ncnc(S(=O)(=O)CC(C)CCl)c1F. The molecule has 4 nitrogen and oxygen atoms in total. The number of halogens is 2. The molecule has 0 amide bonds. The standard InChI is InChI=1S/C10H14ClFN2O2S/c1-3-8-9(12)10(14-6-13-8)17(15,16)5-7(2)4-11/h6-7H,3-5H2,1-2H3. The average molecular weight is 281 g/mol. The van der Waals surface area contributed by atoms with Crippen LogP contribution in [-0.2, 0) is 16.3 Å². The van der Waals surface area contributed by atoms with Gasteiger partial charge < -0.3 is 0 Å². The van der Waals surface area contributed by atoms with Crippen molar-refractivity contribution >= 4 is 21.4 Å². The molecule has 0 saturated carbocycles. The van der Waals surface area contributed by atoms with E-state index in [0.29, 0.717) is 6.42 Å². The van der Waals surface area contributed by atoms with Crippen molar-refractivity contribution in [3.05, 3.63) is 17.8 Å². The molecular formula is C10H14ClFN2O2S. The fourth-order valence-corrected chi connectivity index (χ4v) is 3.21. The second kappa shape index (κ2) is 5.73. The molecule has 1 aromatic heterocycles. The molecule has 0 spiro atoms. The van der Waals surface area contributed by atoms with Gasteiger partial charge in [-0.15, -0.1) is 11.6 Å². The molecule has 17 heavy (non-hydrogen) atoms. The summed E-state index contributed by atoms with van der Waals surface area (Å²) in [5.74, 6) is -1.11. The van der Waals surface area contributed by atoms with Crippen molar-refractivity contribution in [1.29, 1.82) is 0 Å². The normalized spacial score (nSPS) is 13.6. The minimum absolute atomic E-state index is 0.108. The molecule has 1 rings (SSSR count). The Kier molecular flexibility index (Phi) is 4.82. The molecule has 96 valence electrons. The number of rotatable bonds is 5. The van der Waals surface area contributed by atoms with Gasteiger partial charge >= 0.3 is 0 Å². The second-order valence-electron chi connectivity index (χ2n) is 3.83. The molecule has 0 aliphatic heterocycles. The van der Waals surface area contributed by atoms with Gasteiger partial charge in [-0.25, -0.2) is 22.8 Å². The highest BCUT2D eigenvalue weighted by Gasteiger charge is 2.25. The van der Waals surface area contributed by atoms with E-state index in [2.05, 4.69) is 9.97 Å². The summed E-state index contributed by atoms with van der Waals surface area (Å²) < 4.78 is 37.6. The van der Waals surface area contributed by atoms with Crippen LogP contribution < -0.4 is 0 Å². The molecule has 0 saturated heterocycles. The Bertz CT molecular complexity index is 493. The number of sulfone groups is 1. The van der Waals surface area contributed by atoms with E-state index in [1.54, 1.807) is 13.8 Å². The van der Waals surface area contributed by atoms with Gasteiger partial charge in [-0.2, -0.15) is 0 Å². The lowest BCUT2D eigenvalue weighted by molar-refractivity contribution is 0.530. The van der Waals surface area contributed by atoms with Crippen LogP contribution in [-0.4, -0.2) is 30.0 Å². The smallest absolute Gasteiger partial charge is 0.199 e. The van der Waals surface area contributed by atoms with E-state index in [9.17, 15) is 12.8 Å². The molecule has 0 bridgehead atoms. The predicted octanol–water partition coefficient (Wildman–Crippen LogP) is 1.83. The average Bonchev–Trinajstić information content (AvgIpc) is 2.28. The Morgan fingerprint density at radius 3 is 2.65 bits per heavy atom. The van der Waals surface area contributed by atoms with Crippen LogP contribution in [0.5, 0.6) is 0 Å². The third kappa shape index (κ3) is 3.35. The molecule has 0 aliphatic carbocycles. The van der Waals surface area contributed by atoms with E-state index < -0.39 is 20.7 Å². The maximum atomic E-state index is 13.8. The number of hydrogen-bond donors (Lipinski definition) is 0. The van der Waals surface area contributed by atoms with Gasteiger partial charge in [0.2, 0.25) is 0 Å². The zero-order valence-corrected chi connectivity index (χ0v) is 11.2. The summed E-state index contributed by atoms with van der Waals surface area (Å²) in [4.78, 5) is 7.22. The first kappa shape index (κ1) is 14.3. The van der Waals surface area contributed by atoms with Crippen molar-refractivity contribution in [3.8, 4) is 0 Å². The van der Waals surface area contributed by atoms with E-state index >= 15 is 0 Å². The number of nitrogens with zero attached hydrogens (tertiary/aromatic N) is 2. The van der Waals surface area contributed by atoms with Crippen LogP contribution in [0.15, 0.2) is 11.4 Å². The van der Waals surface area contributed by atoms with E-state index in [4.69, 9.17) is 11.6 Å². The van der Waals surface area contributed by atoms with Crippen molar-refractivity contribution in [1.82, 2.24) is 9.97 Å². The van der Waals surface area contributed by atoms with Crippen LogP contribution in [0, 0.1) is 11.7 Å². The van der Waals surface area contributed by atoms with Gasteiger partial charge in [-0.1, -0.05) is 13.8 Å². The molecule has 0 aromatic carbocycles. The lowest BCUT2D eigenvalue weighted by Crippen LogP contribution is -2.18. The first-order chi connectivity index (χ1) is 7.92. The minimum atomic E-state index is -3.75. The van der Waals surface area contributed by atoms with Crippen LogP contribution in [0.4, 0.5) is 4.39 Å². The number of alkyl halides is 1. The molecule has 0 N–H and O–H groups in total. The van der Waals surface area contributed by atoms with Gasteiger partial charge in [0, 0.05) is 5.88 Å². The summed E-state index contributed by atoms with van der Waals surface area (Å²) in [6.07, 6.45) is 1.39. The first-order valence-electron chi connectivity index (χ1n) is 5.20. The molecule has 0 fully saturated rings. The highest BCUT2D eigenvalue weighted by Crippen LogP contribution is 2.17. The van der Waals surface area contributed by atoms with Gasteiger partial charge in [-0.3, -0.25) is 0 Å². The summed E-state index contributed by atoms with van der Waals surface area (Å²) in [6, 6.07) is 0. The third-order valence-electron chi connectivity index (χ3n) is 2.23. The van der Waals surface area contributed by atoms with Gasteiger partial charge in [0.15, 0.2) is 20.7 Å². The van der Waals surface area contributed by atoms with E-state index in [0.717, 1.165) is 6.33 Å². The zero-order valence-electron chi connectivity index (χ0n) is 9.65.